The number of hydrogen-bond donors (Lipinski definition) is 0. The number of rotatable bonds is 43. The molecule has 1 atom stereocenters. The number of carbonyl (C=O) groups is 3. The van der Waals surface area contributed by atoms with E-state index in [1.165, 1.54) is 96.3 Å². The molecule has 0 aromatic heterocycles. The van der Waals surface area contributed by atoms with Crippen LogP contribution in [0.1, 0.15) is 240 Å². The summed E-state index contributed by atoms with van der Waals surface area (Å²) in [4.78, 5) is 43.3. The smallest absolute Gasteiger partial charge is 0.308 e. The quantitative estimate of drug-likeness (QED) is 0.0341. The van der Waals surface area contributed by atoms with Crippen LogP contribution in [0.25, 0.3) is 0 Å². The van der Waals surface area contributed by atoms with Crippen molar-refractivity contribution in [1.29, 1.82) is 0 Å². The van der Waals surface area contributed by atoms with Gasteiger partial charge in [-0.05, 0) is 76.7 Å². The first kappa shape index (κ1) is 56.3. The molecule has 60 heavy (non-hydrogen) atoms. The van der Waals surface area contributed by atoms with Gasteiger partial charge < -0.3 is 24.0 Å². The maximum Gasteiger partial charge on any atom is 0.308 e. The van der Waals surface area contributed by atoms with Crippen molar-refractivity contribution in [2.24, 2.45) is 17.8 Å². The molecule has 0 radical (unpaired) electrons. The lowest BCUT2D eigenvalue weighted by atomic mass is 9.92. The predicted molar refractivity (Wildman–Crippen MR) is 252 cm³/mol. The van der Waals surface area contributed by atoms with E-state index in [1.54, 1.807) is 0 Å². The van der Waals surface area contributed by atoms with Gasteiger partial charge in [-0.3, -0.25) is 14.4 Å². The molecule has 354 valence electrons. The highest BCUT2D eigenvalue weighted by atomic mass is 16.5. The molecule has 8 nitrogen and oxygen atoms in total. The van der Waals surface area contributed by atoms with Crippen molar-refractivity contribution in [1.82, 2.24) is 9.80 Å². The number of esters is 3. The van der Waals surface area contributed by atoms with E-state index in [-0.39, 0.29) is 23.8 Å². The fraction of sp³-hybridized carbons (Fsp3) is 0.942. The van der Waals surface area contributed by atoms with Crippen molar-refractivity contribution in [2.45, 2.75) is 240 Å². The van der Waals surface area contributed by atoms with Gasteiger partial charge in [0.25, 0.3) is 0 Å². The second kappa shape index (κ2) is 41.3. The average molecular weight is 849 g/mol. The van der Waals surface area contributed by atoms with Gasteiger partial charge in [0.2, 0.25) is 0 Å². The molecule has 1 aliphatic rings. The van der Waals surface area contributed by atoms with Crippen molar-refractivity contribution in [3.63, 3.8) is 0 Å². The monoisotopic (exact) mass is 849 g/mol. The highest BCUT2D eigenvalue weighted by Gasteiger charge is 2.21. The lowest BCUT2D eigenvalue weighted by molar-refractivity contribution is -0.149. The Balaban J connectivity index is 2.34. The first-order valence-electron chi connectivity index (χ1n) is 26.2. The number of unbranched alkanes of at least 4 members (excludes halogenated alkanes) is 18. The molecule has 1 heterocycles. The maximum absolute atomic E-state index is 13.3. The first-order chi connectivity index (χ1) is 29.3. The average Bonchev–Trinajstić information content (AvgIpc) is 3.23. The van der Waals surface area contributed by atoms with Crippen molar-refractivity contribution in [3.05, 3.63) is 0 Å². The third kappa shape index (κ3) is 33.9. The van der Waals surface area contributed by atoms with Gasteiger partial charge in [0.15, 0.2) is 0 Å². The molecule has 1 rings (SSSR count). The van der Waals surface area contributed by atoms with Gasteiger partial charge in [-0.25, -0.2) is 0 Å². The summed E-state index contributed by atoms with van der Waals surface area (Å²) in [6.45, 7) is 16.0. The van der Waals surface area contributed by atoms with E-state index in [9.17, 15) is 14.4 Å². The lowest BCUT2D eigenvalue weighted by Gasteiger charge is -2.32. The van der Waals surface area contributed by atoms with Gasteiger partial charge in [0.1, 0.15) is 0 Å². The van der Waals surface area contributed by atoms with Crippen LogP contribution in [0, 0.1) is 17.8 Å². The SMILES string of the molecule is CCCCCC(CCCCC)CC(=O)OCCCCCCCCCC(CCCCCCCOC(=O)CC(CCCCC)CCCCC)C(=O)OCCCN1CCN(C)CC1. The zero-order valence-electron chi connectivity index (χ0n) is 40.6. The van der Waals surface area contributed by atoms with Gasteiger partial charge in [-0.1, -0.05) is 169 Å². The molecule has 1 unspecified atom stereocenters. The topological polar surface area (TPSA) is 85.4 Å². The molecule has 0 aromatic rings. The van der Waals surface area contributed by atoms with E-state index in [1.807, 2.05) is 0 Å². The fourth-order valence-electron chi connectivity index (χ4n) is 8.82. The van der Waals surface area contributed by atoms with Crippen LogP contribution in [-0.4, -0.2) is 87.3 Å². The van der Waals surface area contributed by atoms with Gasteiger partial charge in [0, 0.05) is 45.6 Å². The summed E-state index contributed by atoms with van der Waals surface area (Å²) in [5.74, 6) is 0.954. The third-order valence-electron chi connectivity index (χ3n) is 13.0. The van der Waals surface area contributed by atoms with Crippen LogP contribution in [-0.2, 0) is 28.6 Å². The van der Waals surface area contributed by atoms with Crippen molar-refractivity contribution >= 4 is 17.9 Å². The molecule has 8 heteroatoms. The Kier molecular flexibility index (Phi) is 38.8. The highest BCUT2D eigenvalue weighted by molar-refractivity contribution is 5.72. The predicted octanol–water partition coefficient (Wildman–Crippen LogP) is 13.7. The Morgan fingerprint density at radius 1 is 0.417 bits per heavy atom. The summed E-state index contributed by atoms with van der Waals surface area (Å²) in [6.07, 6.45) is 36.4. The second-order valence-electron chi connectivity index (χ2n) is 18.7. The molecule has 1 saturated heterocycles. The van der Waals surface area contributed by atoms with Crippen LogP contribution in [0.3, 0.4) is 0 Å². The maximum atomic E-state index is 13.3. The van der Waals surface area contributed by atoms with Crippen LogP contribution >= 0.6 is 0 Å². The Morgan fingerprint density at radius 3 is 1.17 bits per heavy atom. The molecule has 0 spiro atoms. The number of nitrogens with zero attached hydrogens (tertiary/aromatic N) is 2. The van der Waals surface area contributed by atoms with Crippen LogP contribution < -0.4 is 0 Å². The van der Waals surface area contributed by atoms with E-state index in [0.717, 1.165) is 135 Å². The third-order valence-corrected chi connectivity index (χ3v) is 13.0. The minimum atomic E-state index is -0.00948. The Morgan fingerprint density at radius 2 is 0.767 bits per heavy atom. The minimum Gasteiger partial charge on any atom is -0.466 e. The van der Waals surface area contributed by atoms with E-state index < -0.39 is 0 Å². The molecule has 0 aliphatic carbocycles. The van der Waals surface area contributed by atoms with Crippen LogP contribution in [0.15, 0.2) is 0 Å². The minimum absolute atomic E-state index is 0.00322. The van der Waals surface area contributed by atoms with Crippen molar-refractivity contribution < 1.29 is 28.6 Å². The van der Waals surface area contributed by atoms with Gasteiger partial charge in [-0.15, -0.1) is 0 Å². The highest BCUT2D eigenvalue weighted by Crippen LogP contribution is 2.24. The number of hydrogen-bond acceptors (Lipinski definition) is 8. The normalized spacial score (nSPS) is 14.2. The van der Waals surface area contributed by atoms with Crippen molar-refractivity contribution in [2.75, 3.05) is 59.6 Å². The molecule has 0 aromatic carbocycles. The zero-order chi connectivity index (χ0) is 43.7. The molecule has 1 aliphatic heterocycles. The Hall–Kier alpha value is -1.67. The molecule has 1 fully saturated rings. The number of ether oxygens (including phenoxy) is 3. The first-order valence-corrected chi connectivity index (χ1v) is 26.2. The summed E-state index contributed by atoms with van der Waals surface area (Å²) >= 11 is 0. The number of carbonyl (C=O) groups excluding carboxylic acids is 3. The van der Waals surface area contributed by atoms with Gasteiger partial charge >= 0.3 is 17.9 Å². The van der Waals surface area contributed by atoms with Crippen LogP contribution in [0.2, 0.25) is 0 Å². The molecule has 0 bridgehead atoms. The molecular formula is C52H100N2O6. The number of likely N-dealkylation sites (N-methyl/N-ethyl adjacent to an activating group) is 1. The fourth-order valence-corrected chi connectivity index (χ4v) is 8.82. The van der Waals surface area contributed by atoms with E-state index in [4.69, 9.17) is 14.2 Å². The Labute approximate surface area is 372 Å². The van der Waals surface area contributed by atoms with Crippen LogP contribution in [0.5, 0.6) is 0 Å². The Bertz CT molecular complexity index is 966. The molecule has 0 amide bonds. The zero-order valence-corrected chi connectivity index (χ0v) is 40.6. The van der Waals surface area contributed by atoms with Crippen molar-refractivity contribution in [3.8, 4) is 0 Å². The summed E-state index contributed by atoms with van der Waals surface area (Å²) in [5, 5.41) is 0. The molecule has 0 saturated carbocycles. The van der Waals surface area contributed by atoms with E-state index in [2.05, 4.69) is 44.5 Å². The molecular weight excluding hydrogens is 749 g/mol. The van der Waals surface area contributed by atoms with Gasteiger partial charge in [-0.2, -0.15) is 0 Å². The lowest BCUT2D eigenvalue weighted by Crippen LogP contribution is -2.44. The number of piperazine rings is 1. The summed E-state index contributed by atoms with van der Waals surface area (Å²) in [6, 6.07) is 0. The molecule has 0 N–H and O–H groups in total. The standard InChI is InChI=1S/C52H100N2O6/c1-6-10-22-31-47(32-23-11-7-2)45-50(55)58-42-28-20-16-14-15-18-26-35-49(52(57)60-44-30-37-54-40-38-53(5)39-41-54)36-27-19-17-21-29-43-59-51(56)46-48(33-24-12-8-3)34-25-13-9-4/h47-49H,6-46H2,1-5H3. The van der Waals surface area contributed by atoms with Crippen LogP contribution in [0.4, 0.5) is 0 Å². The van der Waals surface area contributed by atoms with E-state index in [0.29, 0.717) is 44.5 Å². The summed E-state index contributed by atoms with van der Waals surface area (Å²) in [7, 11) is 2.18. The second-order valence-corrected chi connectivity index (χ2v) is 18.7. The largest absolute Gasteiger partial charge is 0.466 e. The summed E-state index contributed by atoms with van der Waals surface area (Å²) in [5.41, 5.74) is 0. The van der Waals surface area contributed by atoms with E-state index >= 15 is 0 Å². The summed E-state index contributed by atoms with van der Waals surface area (Å²) < 4.78 is 17.2. The van der Waals surface area contributed by atoms with Gasteiger partial charge in [0.05, 0.1) is 25.7 Å².